The molecular weight excluding hydrogens is 401 g/mol. The highest BCUT2D eigenvalue weighted by atomic mass is 31.2. The van der Waals surface area contributed by atoms with Gasteiger partial charge in [0.15, 0.2) is 0 Å². The Morgan fingerprint density at radius 3 is 1.77 bits per heavy atom. The Hall–Kier alpha value is -1.12. The summed E-state index contributed by atoms with van der Waals surface area (Å²) in [6, 6.07) is 6.87. The molecule has 166 valence electrons. The molecule has 3 nitrogen and oxygen atoms in total. The SMILES string of the molecule is CC(C)c1cccc(C(C)C)c1-n1cc[n+]2c1[Si](C)(C)N=P2(C(C)(C)C)C(C)(C)C. The first-order chi connectivity index (χ1) is 13.6. The van der Waals surface area contributed by atoms with Crippen LogP contribution in [0.1, 0.15) is 92.2 Å². The maximum absolute atomic E-state index is 5.85. The number of hydrogen-bond acceptors (Lipinski definition) is 1. The minimum atomic E-state index is -2.01. The van der Waals surface area contributed by atoms with Crippen LogP contribution in [0, 0.1) is 0 Å². The zero-order valence-corrected chi connectivity index (χ0v) is 23.2. The van der Waals surface area contributed by atoms with Crippen LogP contribution in [0.25, 0.3) is 5.69 Å². The van der Waals surface area contributed by atoms with Gasteiger partial charge in [0, 0.05) is 21.4 Å². The summed E-state index contributed by atoms with van der Waals surface area (Å²) in [5, 5.41) is 0.242. The second kappa shape index (κ2) is 7.20. The molecule has 0 saturated heterocycles. The number of hydrogen-bond donors (Lipinski definition) is 0. The zero-order valence-electron chi connectivity index (χ0n) is 21.3. The van der Waals surface area contributed by atoms with E-state index in [2.05, 4.69) is 122 Å². The summed E-state index contributed by atoms with van der Waals surface area (Å²) < 4.78 is 11.1. The Balaban J connectivity index is 2.45. The van der Waals surface area contributed by atoms with E-state index in [-0.39, 0.29) is 10.3 Å². The molecule has 0 fully saturated rings. The van der Waals surface area contributed by atoms with Gasteiger partial charge in [0.25, 0.3) is 5.45 Å². The van der Waals surface area contributed by atoms with Gasteiger partial charge < -0.3 is 0 Å². The van der Waals surface area contributed by atoms with E-state index in [4.69, 9.17) is 4.41 Å². The molecule has 0 aliphatic carbocycles. The van der Waals surface area contributed by atoms with Gasteiger partial charge in [-0.3, -0.25) is 4.41 Å². The molecule has 0 atom stereocenters. The molecule has 1 aromatic heterocycles. The molecule has 1 aliphatic rings. The predicted octanol–water partition coefficient (Wildman–Crippen LogP) is 7.00. The number of imidazole rings is 1. The molecule has 0 saturated carbocycles. The second-order valence-corrected chi connectivity index (χ2v) is 20.7. The van der Waals surface area contributed by atoms with E-state index < -0.39 is 15.4 Å². The summed E-state index contributed by atoms with van der Waals surface area (Å²) in [6.45, 7) is 28.6. The van der Waals surface area contributed by atoms with Gasteiger partial charge in [-0.25, -0.2) is 8.90 Å². The normalized spacial score (nSPS) is 18.1. The Kier molecular flexibility index (Phi) is 5.65. The minimum Gasteiger partial charge on any atom is -0.285 e. The van der Waals surface area contributed by atoms with Gasteiger partial charge >= 0.3 is 8.24 Å². The number of aromatic nitrogens is 2. The zero-order chi connectivity index (χ0) is 22.9. The lowest BCUT2D eigenvalue weighted by Crippen LogP contribution is -2.58. The first kappa shape index (κ1) is 23.5. The van der Waals surface area contributed by atoms with Crippen LogP contribution in [0.4, 0.5) is 0 Å². The number of fused-ring (bicyclic) bond motifs is 1. The summed E-state index contributed by atoms with van der Waals surface area (Å²) in [5.41, 5.74) is 5.74. The molecule has 0 N–H and O–H groups in total. The van der Waals surface area contributed by atoms with Gasteiger partial charge in [0.2, 0.25) is 0 Å². The van der Waals surface area contributed by atoms with Gasteiger partial charge in [-0.2, -0.15) is 0 Å². The summed E-state index contributed by atoms with van der Waals surface area (Å²) in [6.07, 6.45) is 4.71. The second-order valence-electron chi connectivity index (χ2n) is 12.0. The van der Waals surface area contributed by atoms with E-state index in [9.17, 15) is 0 Å². The monoisotopic (exact) mass is 444 g/mol. The van der Waals surface area contributed by atoms with Gasteiger partial charge in [0.05, 0.1) is 0 Å². The first-order valence-electron chi connectivity index (χ1n) is 11.5. The highest BCUT2D eigenvalue weighted by Gasteiger charge is 2.59. The van der Waals surface area contributed by atoms with Crippen molar-refractivity contribution in [1.29, 1.82) is 0 Å². The average Bonchev–Trinajstić information content (AvgIpc) is 3.11. The number of nitrogens with zero attached hydrogens (tertiary/aromatic N) is 3. The molecule has 0 bridgehead atoms. The highest BCUT2D eigenvalue weighted by molar-refractivity contribution is 7.65. The molecule has 0 unspecified atom stereocenters. The fourth-order valence-electron chi connectivity index (χ4n) is 5.57. The predicted molar refractivity (Wildman–Crippen MR) is 136 cm³/mol. The highest BCUT2D eigenvalue weighted by Crippen LogP contribution is 2.67. The fraction of sp³-hybridized carbons (Fsp3) is 0.640. The van der Waals surface area contributed by atoms with Crippen molar-refractivity contribution in [3.05, 3.63) is 41.7 Å². The van der Waals surface area contributed by atoms with Crippen molar-refractivity contribution in [3.8, 4) is 5.69 Å². The standard InChI is InChI=1S/C25H43N3PSi/c1-18(2)20-14-13-15-21(19(3)4)22(20)27-16-17-28-23(27)30(11,12)26-29(28,24(5,6)7)25(8,9)10/h13-19H,1-12H3/q+1. The van der Waals surface area contributed by atoms with Crippen molar-refractivity contribution in [2.75, 3.05) is 0 Å². The van der Waals surface area contributed by atoms with E-state index in [1.54, 1.807) is 0 Å². The van der Waals surface area contributed by atoms with Crippen molar-refractivity contribution in [1.82, 2.24) is 4.57 Å². The summed E-state index contributed by atoms with van der Waals surface area (Å²) in [4.78, 5) is 0. The van der Waals surface area contributed by atoms with E-state index in [0.717, 1.165) is 0 Å². The number of rotatable bonds is 3. The lowest BCUT2D eigenvalue weighted by molar-refractivity contribution is -0.496. The molecule has 0 spiro atoms. The van der Waals surface area contributed by atoms with E-state index in [0.29, 0.717) is 11.8 Å². The topological polar surface area (TPSA) is 21.2 Å². The smallest absolute Gasteiger partial charge is 0.285 e. The van der Waals surface area contributed by atoms with Gasteiger partial charge in [0.1, 0.15) is 25.3 Å². The molecule has 30 heavy (non-hydrogen) atoms. The molecule has 1 aromatic carbocycles. The molecule has 2 heterocycles. The summed E-state index contributed by atoms with van der Waals surface area (Å²) >= 11 is 0. The molecule has 5 heteroatoms. The number of para-hydroxylation sites is 1. The first-order valence-corrected chi connectivity index (χ1v) is 16.1. The van der Waals surface area contributed by atoms with Gasteiger partial charge in [-0.1, -0.05) is 87.4 Å². The van der Waals surface area contributed by atoms with Crippen LogP contribution in [0.5, 0.6) is 0 Å². The Morgan fingerprint density at radius 2 is 1.37 bits per heavy atom. The minimum absolute atomic E-state index is 0.121. The van der Waals surface area contributed by atoms with Crippen molar-refractivity contribution in [3.63, 3.8) is 0 Å². The van der Waals surface area contributed by atoms with Crippen molar-refractivity contribution < 1.29 is 4.34 Å². The van der Waals surface area contributed by atoms with Gasteiger partial charge in [-0.05, 0) is 24.9 Å². The van der Waals surface area contributed by atoms with E-state index >= 15 is 0 Å². The number of benzene rings is 1. The van der Waals surface area contributed by atoms with Crippen molar-refractivity contribution in [2.45, 2.75) is 104 Å². The lowest BCUT2D eigenvalue weighted by atomic mass is 9.92. The summed E-state index contributed by atoms with van der Waals surface area (Å²) in [7, 11) is -3.83. The van der Waals surface area contributed by atoms with Crippen LogP contribution in [-0.2, 0) is 0 Å². The van der Waals surface area contributed by atoms with Crippen molar-refractivity contribution in [2.24, 2.45) is 4.41 Å². The van der Waals surface area contributed by atoms with Crippen LogP contribution in [0.15, 0.2) is 35.0 Å². The molecule has 1 aliphatic heterocycles. The van der Waals surface area contributed by atoms with E-state index in [1.807, 2.05) is 0 Å². The third kappa shape index (κ3) is 3.30. The van der Waals surface area contributed by atoms with Crippen LogP contribution >= 0.6 is 7.21 Å². The third-order valence-corrected chi connectivity index (χ3v) is 16.1. The molecule has 0 radical (unpaired) electrons. The molecule has 3 rings (SSSR count). The molecule has 2 aromatic rings. The largest absolute Gasteiger partial charge is 0.308 e. The maximum Gasteiger partial charge on any atom is 0.308 e. The van der Waals surface area contributed by atoms with Gasteiger partial charge in [-0.15, -0.1) is 0 Å². The van der Waals surface area contributed by atoms with Crippen molar-refractivity contribution >= 4 is 20.9 Å². The Labute approximate surface area is 186 Å². The Bertz CT molecular complexity index is 970. The quantitative estimate of drug-likeness (QED) is 0.359. The van der Waals surface area contributed by atoms with Crippen LogP contribution < -0.4 is 9.79 Å². The van der Waals surface area contributed by atoms with E-state index in [1.165, 1.54) is 22.3 Å². The van der Waals surface area contributed by atoms with Crippen LogP contribution in [0.3, 0.4) is 0 Å². The maximum atomic E-state index is 5.85. The third-order valence-electron chi connectivity index (χ3n) is 6.51. The molecule has 0 amide bonds. The lowest BCUT2D eigenvalue weighted by Gasteiger charge is -2.41. The molecular formula is C25H43N3PSi+. The van der Waals surface area contributed by atoms with Crippen LogP contribution in [0.2, 0.25) is 13.1 Å². The Morgan fingerprint density at radius 1 is 0.900 bits per heavy atom. The average molecular weight is 445 g/mol. The summed E-state index contributed by atoms with van der Waals surface area (Å²) in [5.74, 6) is 0.962. The van der Waals surface area contributed by atoms with Crippen LogP contribution in [-0.4, -0.2) is 23.1 Å². The fourth-order valence-corrected chi connectivity index (χ4v) is 18.1.